The normalized spacial score (nSPS) is 13.0. The van der Waals surface area contributed by atoms with Crippen LogP contribution in [0.25, 0.3) is 22.9 Å². The number of halogens is 1. The van der Waals surface area contributed by atoms with Crippen LogP contribution in [0.4, 0.5) is 4.39 Å². The molecule has 0 amide bonds. The van der Waals surface area contributed by atoms with E-state index in [4.69, 9.17) is 0 Å². The number of aliphatic hydroxyl groups is 2. The Bertz CT molecular complexity index is 1030. The number of nitrogens with zero attached hydrogens (tertiary/aromatic N) is 1. The first-order chi connectivity index (χ1) is 14.3. The average Bonchev–Trinajstić information content (AvgIpc) is 3.03. The van der Waals surface area contributed by atoms with Gasteiger partial charge in [-0.2, -0.15) is 0 Å². The number of aromatic nitrogens is 1. The van der Waals surface area contributed by atoms with Crippen molar-refractivity contribution in [2.75, 3.05) is 0 Å². The van der Waals surface area contributed by atoms with Gasteiger partial charge in [0, 0.05) is 47.5 Å². The van der Waals surface area contributed by atoms with Gasteiger partial charge in [-0.3, -0.25) is 0 Å². The Kier molecular flexibility index (Phi) is 9.22. The summed E-state index contributed by atoms with van der Waals surface area (Å²) in [4.78, 5) is 10.6. The van der Waals surface area contributed by atoms with E-state index in [1.165, 1.54) is 18.2 Å². The van der Waals surface area contributed by atoms with Crippen molar-refractivity contribution in [3.63, 3.8) is 0 Å². The Morgan fingerprint density at radius 2 is 1.77 bits per heavy atom. The van der Waals surface area contributed by atoms with Crippen LogP contribution in [0.5, 0.6) is 0 Å². The van der Waals surface area contributed by atoms with Crippen LogP contribution < -0.4 is 34.7 Å². The molecule has 2 N–H and O–H groups in total. The van der Waals surface area contributed by atoms with Crippen molar-refractivity contribution in [2.45, 2.75) is 32.0 Å². The van der Waals surface area contributed by atoms with E-state index in [0.29, 0.717) is 0 Å². The Hall–Kier alpha value is -2.22. The molecule has 0 aliphatic carbocycles. The van der Waals surface area contributed by atoms with Gasteiger partial charge in [-0.25, -0.2) is 4.39 Å². The molecule has 156 valence electrons. The SMILES string of the molecule is Cc1c(/C=C/[C@@H](O)C[C@@H](O)CC(=O)[O-])c(-c2ccc(F)cc2)cn1-c1ccccc1.[Na+]. The molecule has 31 heavy (non-hydrogen) atoms. The second kappa shape index (κ2) is 11.4. The van der Waals surface area contributed by atoms with Crippen molar-refractivity contribution < 1.29 is 54.1 Å². The zero-order chi connectivity index (χ0) is 21.7. The van der Waals surface area contributed by atoms with Crippen LogP contribution in [0.2, 0.25) is 0 Å². The standard InChI is InChI=1S/C24H24FNO4.Na/c1-16-22(12-11-20(27)13-21(28)14-24(29)30)23(17-7-9-18(25)10-8-17)15-26(16)19-5-3-2-4-6-19;/h2-12,15,20-21,27-28H,13-14H2,1H3,(H,29,30);/q;+1/p-1/b12-11+;/t20-,21-;/m1./s1. The summed E-state index contributed by atoms with van der Waals surface area (Å²) in [5.74, 6) is -1.69. The van der Waals surface area contributed by atoms with E-state index in [0.717, 1.165) is 28.1 Å². The minimum Gasteiger partial charge on any atom is -0.550 e. The van der Waals surface area contributed by atoms with Gasteiger partial charge in [0.05, 0.1) is 12.2 Å². The van der Waals surface area contributed by atoms with E-state index in [-0.39, 0.29) is 41.8 Å². The van der Waals surface area contributed by atoms with Crippen molar-refractivity contribution >= 4 is 12.0 Å². The Labute approximate surface area is 202 Å². The predicted octanol–water partition coefficient (Wildman–Crippen LogP) is -0.139. The second-order valence-corrected chi connectivity index (χ2v) is 7.15. The largest absolute Gasteiger partial charge is 1.00 e. The fourth-order valence-electron chi connectivity index (χ4n) is 3.39. The van der Waals surface area contributed by atoms with Crippen LogP contribution in [0, 0.1) is 12.7 Å². The van der Waals surface area contributed by atoms with Gasteiger partial charge in [-0.05, 0) is 36.8 Å². The first-order valence-electron chi connectivity index (χ1n) is 9.62. The second-order valence-electron chi connectivity index (χ2n) is 7.15. The third-order valence-electron chi connectivity index (χ3n) is 4.89. The summed E-state index contributed by atoms with van der Waals surface area (Å²) in [7, 11) is 0. The van der Waals surface area contributed by atoms with E-state index < -0.39 is 24.6 Å². The minimum absolute atomic E-state index is 0. The van der Waals surface area contributed by atoms with Crippen molar-refractivity contribution in [2.24, 2.45) is 0 Å². The molecule has 1 heterocycles. The number of carbonyl (C=O) groups is 1. The first-order valence-corrected chi connectivity index (χ1v) is 9.62. The van der Waals surface area contributed by atoms with Crippen LogP contribution >= 0.6 is 0 Å². The number of carbonyl (C=O) groups excluding carboxylic acids is 1. The number of hydrogen-bond acceptors (Lipinski definition) is 4. The maximum Gasteiger partial charge on any atom is 1.00 e. The fraction of sp³-hybridized carbons (Fsp3) is 0.208. The monoisotopic (exact) mass is 431 g/mol. The maximum absolute atomic E-state index is 13.4. The van der Waals surface area contributed by atoms with Gasteiger partial charge in [-0.1, -0.05) is 42.5 Å². The Morgan fingerprint density at radius 3 is 2.39 bits per heavy atom. The molecule has 0 bridgehead atoms. The molecule has 7 heteroatoms. The van der Waals surface area contributed by atoms with Crippen LogP contribution in [-0.4, -0.2) is 33.0 Å². The summed E-state index contributed by atoms with van der Waals surface area (Å²) in [6.07, 6.45) is 2.34. The van der Waals surface area contributed by atoms with Gasteiger partial charge in [-0.15, -0.1) is 0 Å². The predicted molar refractivity (Wildman–Crippen MR) is 111 cm³/mol. The van der Waals surface area contributed by atoms with Crippen LogP contribution in [-0.2, 0) is 4.79 Å². The molecule has 0 radical (unpaired) electrons. The summed E-state index contributed by atoms with van der Waals surface area (Å²) < 4.78 is 15.4. The Balaban J connectivity index is 0.00000341. The molecule has 0 saturated carbocycles. The molecule has 0 aliphatic heterocycles. The quantitative estimate of drug-likeness (QED) is 0.487. The van der Waals surface area contributed by atoms with E-state index in [2.05, 4.69) is 0 Å². The van der Waals surface area contributed by atoms with E-state index in [1.54, 1.807) is 18.2 Å². The summed E-state index contributed by atoms with van der Waals surface area (Å²) in [5.41, 5.74) is 4.39. The fourth-order valence-corrected chi connectivity index (χ4v) is 3.39. The van der Waals surface area contributed by atoms with Crippen LogP contribution in [0.3, 0.4) is 0 Å². The number of para-hydroxylation sites is 1. The minimum atomic E-state index is -1.37. The average molecular weight is 431 g/mol. The molecule has 2 aromatic carbocycles. The maximum atomic E-state index is 13.4. The molecule has 5 nitrogen and oxygen atoms in total. The molecule has 1 aromatic heterocycles. The van der Waals surface area contributed by atoms with Crippen molar-refractivity contribution in [1.29, 1.82) is 0 Å². The zero-order valence-electron chi connectivity index (χ0n) is 17.5. The summed E-state index contributed by atoms with van der Waals surface area (Å²) in [6.45, 7) is 1.94. The molecular weight excluding hydrogens is 408 g/mol. The molecule has 0 unspecified atom stereocenters. The van der Waals surface area contributed by atoms with Gasteiger partial charge in [0.15, 0.2) is 0 Å². The number of rotatable bonds is 8. The van der Waals surface area contributed by atoms with Gasteiger partial charge >= 0.3 is 29.6 Å². The molecule has 3 aromatic rings. The molecule has 0 spiro atoms. The third kappa shape index (κ3) is 6.63. The van der Waals surface area contributed by atoms with E-state index >= 15 is 0 Å². The molecular formula is C24H23FNNaO4. The van der Waals surface area contributed by atoms with Crippen LogP contribution in [0.1, 0.15) is 24.1 Å². The van der Waals surface area contributed by atoms with Crippen LogP contribution in [0.15, 0.2) is 66.9 Å². The molecule has 3 rings (SSSR count). The summed E-state index contributed by atoms with van der Waals surface area (Å²) in [5, 5.41) is 30.5. The number of benzene rings is 2. The van der Waals surface area contributed by atoms with E-state index in [9.17, 15) is 24.5 Å². The summed E-state index contributed by atoms with van der Waals surface area (Å²) in [6, 6.07) is 15.9. The van der Waals surface area contributed by atoms with Gasteiger partial charge in [0.25, 0.3) is 0 Å². The zero-order valence-corrected chi connectivity index (χ0v) is 19.5. The third-order valence-corrected chi connectivity index (χ3v) is 4.89. The van der Waals surface area contributed by atoms with E-state index in [1.807, 2.05) is 48.0 Å². The summed E-state index contributed by atoms with van der Waals surface area (Å²) >= 11 is 0. The topological polar surface area (TPSA) is 85.5 Å². The number of carboxylic acids is 1. The number of carboxylic acid groups (broad SMARTS) is 1. The Morgan fingerprint density at radius 1 is 1.13 bits per heavy atom. The van der Waals surface area contributed by atoms with Crippen molar-refractivity contribution in [1.82, 2.24) is 4.57 Å². The molecule has 2 atom stereocenters. The molecule has 0 aliphatic rings. The molecule has 0 saturated heterocycles. The van der Waals surface area contributed by atoms with Crippen molar-refractivity contribution in [3.05, 3.63) is 83.9 Å². The van der Waals surface area contributed by atoms with Gasteiger partial charge < -0.3 is 24.7 Å². The number of aliphatic hydroxyl groups excluding tert-OH is 2. The van der Waals surface area contributed by atoms with Gasteiger partial charge in [0.1, 0.15) is 5.82 Å². The van der Waals surface area contributed by atoms with Gasteiger partial charge in [0.2, 0.25) is 0 Å². The number of hydrogen-bond donors (Lipinski definition) is 2. The smallest absolute Gasteiger partial charge is 0.550 e. The van der Waals surface area contributed by atoms with Crippen molar-refractivity contribution in [3.8, 4) is 16.8 Å². The molecule has 0 fully saturated rings. The first kappa shape index (κ1) is 25.0. The number of aliphatic carboxylic acids is 1.